The van der Waals surface area contributed by atoms with Gasteiger partial charge in [-0.05, 0) is 0 Å². The second-order valence-corrected chi connectivity index (χ2v) is 4.54. The molecule has 1 heterocycles. The summed E-state index contributed by atoms with van der Waals surface area (Å²) in [4.78, 5) is 5.51. The molecular weight excluding hydrogens is 276 g/mol. The third-order valence-electron chi connectivity index (χ3n) is 0.970. The van der Waals surface area contributed by atoms with E-state index in [9.17, 15) is 0 Å². The van der Waals surface area contributed by atoms with E-state index in [2.05, 4.69) is 20.9 Å². The fraction of sp³-hybridized carbons (Fsp3) is 0.400. The van der Waals surface area contributed by atoms with E-state index in [0.717, 1.165) is 0 Å². The number of alkyl halides is 3. The van der Waals surface area contributed by atoms with E-state index >= 15 is 0 Å². The van der Waals surface area contributed by atoms with Crippen LogP contribution >= 0.6 is 50.7 Å². The number of halogens is 4. The summed E-state index contributed by atoms with van der Waals surface area (Å²) < 4.78 is 3.42. The summed E-state index contributed by atoms with van der Waals surface area (Å²) in [7, 11) is 0. The number of rotatable bonds is 0. The van der Waals surface area contributed by atoms with Crippen LogP contribution in [0.3, 0.4) is 0 Å². The molecule has 1 rings (SSSR count). The molecule has 0 N–H and O–H groups in total. The Labute approximate surface area is 87.3 Å². The summed E-state index contributed by atoms with van der Waals surface area (Å²) in [5.74, 6) is 0.119. The second kappa shape index (κ2) is 3.52. The van der Waals surface area contributed by atoms with Gasteiger partial charge in [0.15, 0.2) is 0 Å². The topological polar surface area (TPSA) is 21.6 Å². The molecule has 0 saturated heterocycles. The van der Waals surface area contributed by atoms with E-state index in [-0.39, 0.29) is 5.90 Å². The molecule has 0 atom stereocenters. The molecule has 0 bridgehead atoms. The SMILES string of the molecule is ClC(Cl)(Cl)C1=N/C(=C\Br)CO1. The highest BCUT2D eigenvalue weighted by atomic mass is 79.9. The van der Waals surface area contributed by atoms with Gasteiger partial charge in [-0.15, -0.1) is 0 Å². The summed E-state index contributed by atoms with van der Waals surface area (Å²) in [6.07, 6.45) is 0. The van der Waals surface area contributed by atoms with Gasteiger partial charge in [0.1, 0.15) is 6.61 Å². The minimum absolute atomic E-state index is 0.119. The van der Waals surface area contributed by atoms with Crippen LogP contribution in [-0.2, 0) is 4.74 Å². The molecule has 0 radical (unpaired) electrons. The van der Waals surface area contributed by atoms with Crippen molar-refractivity contribution >= 4 is 56.6 Å². The van der Waals surface area contributed by atoms with Crippen molar-refractivity contribution in [1.82, 2.24) is 0 Å². The molecule has 2 nitrogen and oxygen atoms in total. The molecule has 6 heteroatoms. The Morgan fingerprint density at radius 3 is 2.45 bits per heavy atom. The van der Waals surface area contributed by atoms with Crippen LogP contribution in [0, 0.1) is 0 Å². The van der Waals surface area contributed by atoms with Gasteiger partial charge in [-0.2, -0.15) is 0 Å². The van der Waals surface area contributed by atoms with Crippen molar-refractivity contribution in [2.75, 3.05) is 6.61 Å². The van der Waals surface area contributed by atoms with E-state index in [0.29, 0.717) is 12.3 Å². The Morgan fingerprint density at radius 2 is 2.18 bits per heavy atom. The lowest BCUT2D eigenvalue weighted by Gasteiger charge is -2.08. The van der Waals surface area contributed by atoms with Gasteiger partial charge in [-0.1, -0.05) is 50.7 Å². The third-order valence-corrected chi connectivity index (χ3v) is 1.98. The van der Waals surface area contributed by atoms with Crippen molar-refractivity contribution < 1.29 is 4.74 Å². The molecule has 0 aliphatic carbocycles. The van der Waals surface area contributed by atoms with Gasteiger partial charge in [0, 0.05) is 4.99 Å². The lowest BCUT2D eigenvalue weighted by atomic mass is 10.6. The molecule has 0 spiro atoms. The summed E-state index contributed by atoms with van der Waals surface area (Å²) >= 11 is 19.6. The van der Waals surface area contributed by atoms with Crippen LogP contribution in [0.4, 0.5) is 0 Å². The van der Waals surface area contributed by atoms with Crippen LogP contribution in [0.5, 0.6) is 0 Å². The average Bonchev–Trinajstić information content (AvgIpc) is 2.32. The van der Waals surface area contributed by atoms with Crippen LogP contribution in [0.15, 0.2) is 15.7 Å². The van der Waals surface area contributed by atoms with Crippen molar-refractivity contribution in [2.45, 2.75) is 3.79 Å². The summed E-state index contributed by atoms with van der Waals surface area (Å²) in [5, 5.41) is 0. The van der Waals surface area contributed by atoms with Crippen molar-refractivity contribution in [3.63, 3.8) is 0 Å². The van der Waals surface area contributed by atoms with E-state index in [1.165, 1.54) is 0 Å². The Morgan fingerprint density at radius 1 is 1.55 bits per heavy atom. The van der Waals surface area contributed by atoms with Crippen LogP contribution in [0.25, 0.3) is 0 Å². The van der Waals surface area contributed by atoms with Gasteiger partial charge in [-0.3, -0.25) is 0 Å². The first-order chi connectivity index (χ1) is 5.04. The maximum absolute atomic E-state index is 5.49. The lowest BCUT2D eigenvalue weighted by Crippen LogP contribution is -2.18. The predicted octanol–water partition coefficient (Wildman–Crippen LogP) is 3.02. The molecule has 0 unspecified atom stereocenters. The van der Waals surface area contributed by atoms with Crippen molar-refractivity contribution in [3.05, 3.63) is 10.7 Å². The summed E-state index contributed by atoms with van der Waals surface area (Å²) in [6.45, 7) is 0.342. The number of aliphatic imine (C=N–C) groups is 1. The van der Waals surface area contributed by atoms with Crippen molar-refractivity contribution in [2.24, 2.45) is 4.99 Å². The Kier molecular flexibility index (Phi) is 3.09. The van der Waals surface area contributed by atoms with Crippen molar-refractivity contribution in [1.29, 1.82) is 0 Å². The first-order valence-electron chi connectivity index (χ1n) is 2.62. The molecule has 0 amide bonds. The first kappa shape index (κ1) is 9.65. The smallest absolute Gasteiger partial charge is 0.266 e. The van der Waals surface area contributed by atoms with Crippen molar-refractivity contribution in [3.8, 4) is 0 Å². The molecule has 0 fully saturated rings. The average molecular weight is 279 g/mol. The highest BCUT2D eigenvalue weighted by Gasteiger charge is 2.33. The molecule has 0 saturated carbocycles. The van der Waals surface area contributed by atoms with E-state index in [4.69, 9.17) is 39.5 Å². The fourth-order valence-electron chi connectivity index (χ4n) is 0.538. The highest BCUT2D eigenvalue weighted by molar-refractivity contribution is 9.11. The van der Waals surface area contributed by atoms with Crippen LogP contribution in [0.1, 0.15) is 0 Å². The largest absolute Gasteiger partial charge is 0.471 e. The normalized spacial score (nSPS) is 21.8. The standard InChI is InChI=1S/C5H3BrCl3NO/c6-1-3-2-11-4(10-3)5(7,8)9/h1H,2H2/b3-1-. The van der Waals surface area contributed by atoms with Crippen LogP contribution in [-0.4, -0.2) is 16.3 Å². The molecule has 1 aliphatic heterocycles. The van der Waals surface area contributed by atoms with Crippen LogP contribution < -0.4 is 0 Å². The zero-order chi connectivity index (χ0) is 8.48. The summed E-state index contributed by atoms with van der Waals surface area (Å²) in [5.41, 5.74) is 0.700. The minimum atomic E-state index is -1.56. The molecule has 0 aromatic heterocycles. The van der Waals surface area contributed by atoms with Gasteiger partial charge >= 0.3 is 0 Å². The number of hydrogen-bond acceptors (Lipinski definition) is 2. The van der Waals surface area contributed by atoms with E-state index < -0.39 is 3.79 Å². The van der Waals surface area contributed by atoms with Gasteiger partial charge in [0.05, 0.1) is 5.70 Å². The maximum Gasteiger partial charge on any atom is 0.266 e. The zero-order valence-electron chi connectivity index (χ0n) is 5.15. The maximum atomic E-state index is 5.49. The fourth-order valence-corrected chi connectivity index (χ4v) is 1.06. The van der Waals surface area contributed by atoms with Gasteiger partial charge in [-0.25, -0.2) is 4.99 Å². The summed E-state index contributed by atoms with van der Waals surface area (Å²) in [6, 6.07) is 0. The minimum Gasteiger partial charge on any atom is -0.471 e. The molecule has 62 valence electrons. The molecule has 11 heavy (non-hydrogen) atoms. The Bertz CT molecular complexity index is 220. The van der Waals surface area contributed by atoms with Gasteiger partial charge in [0.2, 0.25) is 5.90 Å². The molecular formula is C5H3BrCl3NO. The van der Waals surface area contributed by atoms with Crippen LogP contribution in [0.2, 0.25) is 0 Å². The van der Waals surface area contributed by atoms with Gasteiger partial charge in [0.25, 0.3) is 3.79 Å². The van der Waals surface area contributed by atoms with Gasteiger partial charge < -0.3 is 4.74 Å². The third kappa shape index (κ3) is 2.51. The molecule has 0 aromatic carbocycles. The molecule has 1 aliphatic rings. The Hall–Kier alpha value is 0.560. The lowest BCUT2D eigenvalue weighted by molar-refractivity contribution is 0.357. The monoisotopic (exact) mass is 277 g/mol. The zero-order valence-corrected chi connectivity index (χ0v) is 9.01. The quantitative estimate of drug-likeness (QED) is 0.625. The Balaban J connectivity index is 2.78. The van der Waals surface area contributed by atoms with E-state index in [1.54, 1.807) is 4.99 Å². The number of nitrogens with zero attached hydrogens (tertiary/aromatic N) is 1. The second-order valence-electron chi connectivity index (χ2n) is 1.80. The number of hydrogen-bond donors (Lipinski definition) is 0. The molecule has 0 aromatic rings. The first-order valence-corrected chi connectivity index (χ1v) is 4.67. The number of ether oxygens (including phenoxy) is 1. The predicted molar refractivity (Wildman–Crippen MR) is 50.7 cm³/mol. The van der Waals surface area contributed by atoms with E-state index in [1.807, 2.05) is 0 Å². The highest BCUT2D eigenvalue weighted by Crippen LogP contribution is 2.31.